The summed E-state index contributed by atoms with van der Waals surface area (Å²) in [6.45, 7) is 1.53. The van der Waals surface area contributed by atoms with Gasteiger partial charge in [-0.2, -0.15) is 0 Å². The number of rotatable bonds is 5. The number of aliphatic carboxylic acids is 1. The first-order valence-electron chi connectivity index (χ1n) is 9.33. The lowest BCUT2D eigenvalue weighted by molar-refractivity contribution is -0.161. The fraction of sp³-hybridized carbons (Fsp3) is 0.227. The normalized spacial score (nSPS) is 21.4. The molecule has 0 unspecified atom stereocenters. The van der Waals surface area contributed by atoms with E-state index in [2.05, 4.69) is 5.32 Å². The smallest absolute Gasteiger partial charge is 0.352 e. The number of para-hydroxylation sites is 1. The predicted octanol–water partition coefficient (Wildman–Crippen LogP) is 2.35. The van der Waals surface area contributed by atoms with Crippen molar-refractivity contribution in [2.24, 2.45) is 5.92 Å². The van der Waals surface area contributed by atoms with Crippen molar-refractivity contribution >= 4 is 29.0 Å². The van der Waals surface area contributed by atoms with E-state index in [0.717, 1.165) is 0 Å². The Balaban J connectivity index is 1.65. The zero-order valence-electron chi connectivity index (χ0n) is 15.7. The van der Waals surface area contributed by atoms with Crippen LogP contribution in [0.15, 0.2) is 60.3 Å². The number of carboxylic acids is 1. The van der Waals surface area contributed by atoms with E-state index in [0.29, 0.717) is 28.8 Å². The number of fused-ring (bicyclic) bond motifs is 1. The number of benzene rings is 2. The van der Waals surface area contributed by atoms with E-state index in [4.69, 9.17) is 0 Å². The van der Waals surface area contributed by atoms with Crippen molar-refractivity contribution in [2.45, 2.75) is 25.5 Å². The number of carbonyl (C=O) groups is 3. The number of hydrogen-bond donors (Lipinski definition) is 3. The van der Waals surface area contributed by atoms with Gasteiger partial charge in [0.1, 0.15) is 5.70 Å². The van der Waals surface area contributed by atoms with Gasteiger partial charge in [-0.3, -0.25) is 9.59 Å². The largest absolute Gasteiger partial charge is 0.477 e. The summed E-state index contributed by atoms with van der Waals surface area (Å²) < 4.78 is 0. The van der Waals surface area contributed by atoms with Crippen molar-refractivity contribution in [1.82, 2.24) is 4.90 Å². The Kier molecular flexibility index (Phi) is 4.68. The van der Waals surface area contributed by atoms with Gasteiger partial charge in [-0.15, -0.1) is 0 Å². The van der Waals surface area contributed by atoms with Crippen LogP contribution in [0.5, 0.6) is 0 Å². The second-order valence-corrected chi connectivity index (χ2v) is 7.28. The molecule has 7 heteroatoms. The number of amides is 2. The molecular formula is C22H20N2O5. The number of carbonyl (C=O) groups excluding carboxylic acids is 2. The Bertz CT molecular complexity index is 1030. The van der Waals surface area contributed by atoms with Crippen molar-refractivity contribution in [1.29, 1.82) is 0 Å². The van der Waals surface area contributed by atoms with Gasteiger partial charge in [0.25, 0.3) is 5.91 Å². The van der Waals surface area contributed by atoms with E-state index in [-0.39, 0.29) is 23.6 Å². The van der Waals surface area contributed by atoms with Crippen molar-refractivity contribution in [2.75, 3.05) is 5.32 Å². The first kappa shape index (κ1) is 18.9. The van der Waals surface area contributed by atoms with Gasteiger partial charge >= 0.3 is 5.97 Å². The second-order valence-electron chi connectivity index (χ2n) is 7.28. The molecular weight excluding hydrogens is 372 g/mol. The van der Waals surface area contributed by atoms with Crippen LogP contribution in [0.3, 0.4) is 0 Å². The second kappa shape index (κ2) is 7.18. The molecule has 3 atom stereocenters. The standard InChI is InChI=1S/C22H20N2O5/c1-12(25)18-17-11-16(19(22(28)29)24(17)21(18)27)13-6-5-7-14(10-13)20(26)23-15-8-3-2-4-9-15/h2-10,12,17-18,25H,11H2,1H3,(H,23,26)(H,28,29)/t12-,17-,18-/m1/s1. The molecule has 2 amide bonds. The topological polar surface area (TPSA) is 107 Å². The maximum Gasteiger partial charge on any atom is 0.352 e. The molecule has 29 heavy (non-hydrogen) atoms. The Morgan fingerprint density at radius 2 is 1.86 bits per heavy atom. The summed E-state index contributed by atoms with van der Waals surface area (Å²) >= 11 is 0. The zero-order valence-corrected chi connectivity index (χ0v) is 15.7. The summed E-state index contributed by atoms with van der Waals surface area (Å²) in [6.07, 6.45) is -0.520. The molecule has 0 radical (unpaired) electrons. The Hall–Kier alpha value is -3.45. The minimum atomic E-state index is -1.20. The fourth-order valence-corrected chi connectivity index (χ4v) is 4.10. The number of carboxylic acid groups (broad SMARTS) is 1. The molecule has 0 saturated carbocycles. The molecule has 0 bridgehead atoms. The lowest BCUT2D eigenvalue weighted by Gasteiger charge is -2.44. The third kappa shape index (κ3) is 3.19. The summed E-state index contributed by atoms with van der Waals surface area (Å²) in [7, 11) is 0. The van der Waals surface area contributed by atoms with Crippen LogP contribution in [-0.4, -0.2) is 45.0 Å². The number of anilines is 1. The number of aliphatic hydroxyl groups is 1. The third-order valence-corrected chi connectivity index (χ3v) is 5.44. The van der Waals surface area contributed by atoms with Gasteiger partial charge in [0.05, 0.1) is 18.1 Å². The molecule has 148 valence electrons. The predicted molar refractivity (Wildman–Crippen MR) is 106 cm³/mol. The minimum absolute atomic E-state index is 0.0717. The monoisotopic (exact) mass is 392 g/mol. The van der Waals surface area contributed by atoms with Crippen LogP contribution in [0.2, 0.25) is 0 Å². The average molecular weight is 392 g/mol. The van der Waals surface area contributed by atoms with E-state index in [1.165, 1.54) is 11.8 Å². The van der Waals surface area contributed by atoms with Crippen LogP contribution in [0.25, 0.3) is 5.57 Å². The number of hydrogen-bond acceptors (Lipinski definition) is 4. The zero-order chi connectivity index (χ0) is 20.7. The van der Waals surface area contributed by atoms with Crippen molar-refractivity contribution in [3.63, 3.8) is 0 Å². The van der Waals surface area contributed by atoms with E-state index < -0.39 is 18.0 Å². The van der Waals surface area contributed by atoms with Gasteiger partial charge in [0, 0.05) is 11.3 Å². The van der Waals surface area contributed by atoms with Gasteiger partial charge in [-0.1, -0.05) is 30.3 Å². The van der Waals surface area contributed by atoms with Crippen LogP contribution < -0.4 is 5.32 Å². The maximum absolute atomic E-state index is 12.6. The molecule has 2 aromatic rings. The van der Waals surface area contributed by atoms with E-state index in [9.17, 15) is 24.6 Å². The lowest BCUT2D eigenvalue weighted by atomic mass is 9.82. The quantitative estimate of drug-likeness (QED) is 0.677. The van der Waals surface area contributed by atoms with E-state index >= 15 is 0 Å². The van der Waals surface area contributed by atoms with Gasteiger partial charge in [0.2, 0.25) is 5.91 Å². The molecule has 0 aliphatic carbocycles. The van der Waals surface area contributed by atoms with Crippen molar-refractivity contribution in [3.8, 4) is 0 Å². The van der Waals surface area contributed by atoms with Gasteiger partial charge in [-0.05, 0) is 48.7 Å². The average Bonchev–Trinajstić information content (AvgIpc) is 3.04. The van der Waals surface area contributed by atoms with Gasteiger partial charge in [0.15, 0.2) is 0 Å². The summed E-state index contributed by atoms with van der Waals surface area (Å²) in [5.41, 5.74) is 2.04. The Morgan fingerprint density at radius 3 is 2.52 bits per heavy atom. The van der Waals surface area contributed by atoms with Gasteiger partial charge in [-0.25, -0.2) is 4.79 Å². The molecule has 2 aliphatic rings. The highest BCUT2D eigenvalue weighted by Crippen LogP contribution is 2.46. The summed E-state index contributed by atoms with van der Waals surface area (Å²) in [6, 6.07) is 15.3. The van der Waals surface area contributed by atoms with Crippen molar-refractivity contribution < 1.29 is 24.6 Å². The minimum Gasteiger partial charge on any atom is -0.477 e. The molecule has 2 aliphatic heterocycles. The highest BCUT2D eigenvalue weighted by Gasteiger charge is 2.56. The first-order valence-corrected chi connectivity index (χ1v) is 9.33. The van der Waals surface area contributed by atoms with Crippen LogP contribution in [0.4, 0.5) is 5.69 Å². The van der Waals surface area contributed by atoms with E-state index in [1.54, 1.807) is 36.4 Å². The van der Waals surface area contributed by atoms with Crippen LogP contribution in [0, 0.1) is 5.92 Å². The maximum atomic E-state index is 12.6. The molecule has 0 aromatic heterocycles. The molecule has 2 heterocycles. The summed E-state index contributed by atoms with van der Waals surface area (Å²) in [5.74, 6) is -2.49. The highest BCUT2D eigenvalue weighted by atomic mass is 16.4. The summed E-state index contributed by atoms with van der Waals surface area (Å²) in [5, 5.41) is 22.4. The third-order valence-electron chi connectivity index (χ3n) is 5.44. The molecule has 1 fully saturated rings. The number of nitrogens with one attached hydrogen (secondary N) is 1. The Morgan fingerprint density at radius 1 is 1.14 bits per heavy atom. The molecule has 7 nitrogen and oxygen atoms in total. The summed E-state index contributed by atoms with van der Waals surface area (Å²) in [4.78, 5) is 38.1. The van der Waals surface area contributed by atoms with Crippen LogP contribution >= 0.6 is 0 Å². The molecule has 3 N–H and O–H groups in total. The first-order chi connectivity index (χ1) is 13.9. The van der Waals surface area contributed by atoms with Crippen molar-refractivity contribution in [3.05, 3.63) is 71.4 Å². The molecule has 1 saturated heterocycles. The molecule has 4 rings (SSSR count). The van der Waals surface area contributed by atoms with Crippen LogP contribution in [-0.2, 0) is 9.59 Å². The lowest BCUT2D eigenvalue weighted by Crippen LogP contribution is -2.61. The number of nitrogens with zero attached hydrogens (tertiary/aromatic N) is 1. The highest BCUT2D eigenvalue weighted by molar-refractivity contribution is 6.07. The Labute approximate surface area is 167 Å². The van der Waals surface area contributed by atoms with E-state index in [1.807, 2.05) is 18.2 Å². The molecule has 2 aromatic carbocycles. The molecule has 0 spiro atoms. The SMILES string of the molecule is C[C@@H](O)[C@H]1C(=O)N2C(C(=O)O)=C(c3cccc(C(=O)Nc4ccccc4)c3)C[C@H]12. The van der Waals surface area contributed by atoms with Crippen LogP contribution in [0.1, 0.15) is 29.3 Å². The van der Waals surface area contributed by atoms with Gasteiger partial charge < -0.3 is 20.4 Å². The number of aliphatic hydroxyl groups excluding tert-OH is 1. The number of β-lactam (4-membered cyclic amide) rings is 1. The fourth-order valence-electron chi connectivity index (χ4n) is 4.10.